The van der Waals surface area contributed by atoms with E-state index in [0.717, 1.165) is 0 Å². The molecule has 0 aromatic heterocycles. The molecule has 0 aliphatic heterocycles. The fourth-order valence-corrected chi connectivity index (χ4v) is 2.21. The maximum Gasteiger partial charge on any atom is 0.337 e. The number of esters is 1. The van der Waals surface area contributed by atoms with Crippen molar-refractivity contribution in [3.8, 4) is 5.75 Å². The number of nitrogens with one attached hydrogen (secondary N) is 1. The Labute approximate surface area is 149 Å². The van der Waals surface area contributed by atoms with E-state index in [4.69, 9.17) is 4.74 Å². The van der Waals surface area contributed by atoms with Crippen LogP contribution in [0.1, 0.15) is 23.2 Å². The smallest absolute Gasteiger partial charge is 0.337 e. The van der Waals surface area contributed by atoms with E-state index >= 15 is 0 Å². The number of hydrogen-bond donors (Lipinski definition) is 1. The van der Waals surface area contributed by atoms with Crippen molar-refractivity contribution < 1.29 is 24.0 Å². The molecule has 8 heteroatoms. The van der Waals surface area contributed by atoms with E-state index in [1.807, 2.05) is 0 Å². The van der Waals surface area contributed by atoms with Crippen molar-refractivity contribution in [3.05, 3.63) is 64.2 Å². The van der Waals surface area contributed by atoms with Gasteiger partial charge in [0.05, 0.1) is 24.2 Å². The summed E-state index contributed by atoms with van der Waals surface area (Å²) in [7, 11) is 1.28. The van der Waals surface area contributed by atoms with Crippen molar-refractivity contribution in [3.63, 3.8) is 0 Å². The molecule has 2 aromatic carbocycles. The monoisotopic (exact) mass is 358 g/mol. The zero-order valence-corrected chi connectivity index (χ0v) is 14.1. The first-order valence-electron chi connectivity index (χ1n) is 7.85. The van der Waals surface area contributed by atoms with Crippen molar-refractivity contribution in [2.75, 3.05) is 19.0 Å². The molecular formula is C18H18N2O6. The number of methoxy groups -OCH3 is 1. The summed E-state index contributed by atoms with van der Waals surface area (Å²) in [6, 6.07) is 12.5. The molecule has 0 radical (unpaired) electrons. The summed E-state index contributed by atoms with van der Waals surface area (Å²) in [4.78, 5) is 33.8. The van der Waals surface area contributed by atoms with E-state index in [9.17, 15) is 19.7 Å². The van der Waals surface area contributed by atoms with Crippen molar-refractivity contribution in [1.82, 2.24) is 0 Å². The maximum atomic E-state index is 12.0. The second-order valence-corrected chi connectivity index (χ2v) is 5.30. The van der Waals surface area contributed by atoms with E-state index in [-0.39, 0.29) is 30.4 Å². The quantitative estimate of drug-likeness (QED) is 0.336. The Kier molecular flexibility index (Phi) is 6.67. The first kappa shape index (κ1) is 18.9. The molecule has 0 spiro atoms. The molecule has 2 rings (SSSR count). The Balaban J connectivity index is 1.81. The second-order valence-electron chi connectivity index (χ2n) is 5.30. The van der Waals surface area contributed by atoms with E-state index in [1.54, 1.807) is 30.3 Å². The van der Waals surface area contributed by atoms with Gasteiger partial charge in [0.2, 0.25) is 5.91 Å². The number of amides is 1. The van der Waals surface area contributed by atoms with Crippen LogP contribution in [0.2, 0.25) is 0 Å². The fourth-order valence-electron chi connectivity index (χ4n) is 2.21. The number of benzene rings is 2. The third kappa shape index (κ3) is 5.30. The van der Waals surface area contributed by atoms with E-state index in [1.165, 1.54) is 25.3 Å². The van der Waals surface area contributed by atoms with E-state index in [2.05, 4.69) is 10.1 Å². The highest BCUT2D eigenvalue weighted by Gasteiger charge is 2.13. The Morgan fingerprint density at radius 3 is 2.65 bits per heavy atom. The Morgan fingerprint density at radius 2 is 1.92 bits per heavy atom. The lowest BCUT2D eigenvalue weighted by molar-refractivity contribution is -0.385. The van der Waals surface area contributed by atoms with Crippen molar-refractivity contribution in [1.29, 1.82) is 0 Å². The summed E-state index contributed by atoms with van der Waals surface area (Å²) >= 11 is 0. The van der Waals surface area contributed by atoms with Gasteiger partial charge in [-0.1, -0.05) is 18.2 Å². The Morgan fingerprint density at radius 1 is 1.15 bits per heavy atom. The number of carbonyl (C=O) groups excluding carboxylic acids is 2. The minimum atomic E-state index is -0.518. The average Bonchev–Trinajstić information content (AvgIpc) is 2.65. The minimum absolute atomic E-state index is 0.114. The number of nitro benzene ring substituents is 1. The van der Waals surface area contributed by atoms with Gasteiger partial charge >= 0.3 is 11.7 Å². The molecule has 0 bridgehead atoms. The summed E-state index contributed by atoms with van der Waals surface area (Å²) < 4.78 is 10.0. The first-order valence-corrected chi connectivity index (χ1v) is 7.85. The van der Waals surface area contributed by atoms with Gasteiger partial charge in [-0.25, -0.2) is 4.79 Å². The molecule has 26 heavy (non-hydrogen) atoms. The van der Waals surface area contributed by atoms with E-state index < -0.39 is 10.9 Å². The van der Waals surface area contributed by atoms with Crippen molar-refractivity contribution in [2.24, 2.45) is 0 Å². The second kappa shape index (κ2) is 9.16. The van der Waals surface area contributed by atoms with Gasteiger partial charge in [-0.3, -0.25) is 14.9 Å². The highest BCUT2D eigenvalue weighted by molar-refractivity contribution is 5.94. The van der Waals surface area contributed by atoms with Crippen LogP contribution in [0.5, 0.6) is 5.75 Å². The van der Waals surface area contributed by atoms with Crippen LogP contribution in [0.3, 0.4) is 0 Å². The number of nitrogens with zero attached hydrogens (tertiary/aromatic N) is 1. The molecule has 136 valence electrons. The van der Waals surface area contributed by atoms with Crippen LogP contribution in [0.4, 0.5) is 11.4 Å². The predicted molar refractivity (Wildman–Crippen MR) is 94.2 cm³/mol. The topological polar surface area (TPSA) is 108 Å². The van der Waals surface area contributed by atoms with Crippen molar-refractivity contribution in [2.45, 2.75) is 12.8 Å². The highest BCUT2D eigenvalue weighted by Crippen LogP contribution is 2.25. The number of para-hydroxylation sites is 2. The molecule has 0 saturated carbocycles. The lowest BCUT2D eigenvalue weighted by Crippen LogP contribution is -2.13. The number of carbonyl (C=O) groups is 2. The summed E-state index contributed by atoms with van der Waals surface area (Å²) in [6.07, 6.45) is 0.553. The highest BCUT2D eigenvalue weighted by atomic mass is 16.6. The van der Waals surface area contributed by atoms with Gasteiger partial charge in [0.15, 0.2) is 5.75 Å². The lowest BCUT2D eigenvalue weighted by Gasteiger charge is -2.08. The van der Waals surface area contributed by atoms with Gasteiger partial charge in [-0.2, -0.15) is 0 Å². The maximum absolute atomic E-state index is 12.0. The third-order valence-electron chi connectivity index (χ3n) is 3.44. The van der Waals surface area contributed by atoms with Crippen LogP contribution >= 0.6 is 0 Å². The molecule has 0 aliphatic rings. The standard InChI is InChI=1S/C18H18N2O6/c1-25-18(22)13-6-4-7-14(12-13)19-17(21)10-5-11-26-16-9-3-2-8-15(16)20(23)24/h2-4,6-9,12H,5,10-11H2,1H3,(H,19,21). The number of rotatable bonds is 8. The third-order valence-corrected chi connectivity index (χ3v) is 3.44. The molecule has 0 saturated heterocycles. The van der Waals surface area contributed by atoms with Crippen LogP contribution in [-0.4, -0.2) is 30.5 Å². The minimum Gasteiger partial charge on any atom is -0.487 e. The van der Waals surface area contributed by atoms with Crippen LogP contribution < -0.4 is 10.1 Å². The van der Waals surface area contributed by atoms with E-state index in [0.29, 0.717) is 17.7 Å². The molecule has 8 nitrogen and oxygen atoms in total. The molecular weight excluding hydrogens is 340 g/mol. The summed E-state index contributed by atoms with van der Waals surface area (Å²) in [5.41, 5.74) is 0.708. The largest absolute Gasteiger partial charge is 0.487 e. The van der Waals surface area contributed by atoms with Gasteiger partial charge < -0.3 is 14.8 Å². The number of anilines is 1. The van der Waals surface area contributed by atoms with Crippen molar-refractivity contribution >= 4 is 23.3 Å². The molecule has 1 N–H and O–H groups in total. The number of hydrogen-bond acceptors (Lipinski definition) is 6. The SMILES string of the molecule is COC(=O)c1cccc(NC(=O)CCCOc2ccccc2[N+](=O)[O-])c1. The van der Waals surface area contributed by atoms with Crippen LogP contribution in [0.15, 0.2) is 48.5 Å². The number of ether oxygens (including phenoxy) is 2. The summed E-state index contributed by atoms with van der Waals surface area (Å²) in [6.45, 7) is 0.167. The molecule has 0 atom stereocenters. The summed E-state index contributed by atoms with van der Waals surface area (Å²) in [5, 5.41) is 13.6. The van der Waals surface area contributed by atoms with Gasteiger partial charge in [-0.15, -0.1) is 0 Å². The van der Waals surface area contributed by atoms with Crippen LogP contribution in [-0.2, 0) is 9.53 Å². The van der Waals surface area contributed by atoms with Gasteiger partial charge in [0.25, 0.3) is 0 Å². The normalized spacial score (nSPS) is 10.0. The van der Waals surface area contributed by atoms with Gasteiger partial charge in [0, 0.05) is 18.2 Å². The molecule has 0 fully saturated rings. The molecule has 0 unspecified atom stereocenters. The average molecular weight is 358 g/mol. The zero-order valence-electron chi connectivity index (χ0n) is 14.1. The number of nitro groups is 1. The zero-order chi connectivity index (χ0) is 18.9. The molecule has 1 amide bonds. The first-order chi connectivity index (χ1) is 12.5. The molecule has 0 aliphatic carbocycles. The van der Waals surface area contributed by atoms with Gasteiger partial charge in [0.1, 0.15) is 0 Å². The van der Waals surface area contributed by atoms with Crippen LogP contribution in [0.25, 0.3) is 0 Å². The molecule has 0 heterocycles. The Hall–Kier alpha value is -3.42. The molecule has 2 aromatic rings. The Bertz CT molecular complexity index is 806. The van der Waals surface area contributed by atoms with Gasteiger partial charge in [-0.05, 0) is 30.7 Å². The fraction of sp³-hybridized carbons (Fsp3) is 0.222. The summed E-state index contributed by atoms with van der Waals surface area (Å²) in [5.74, 6) is -0.569. The van der Waals surface area contributed by atoms with Crippen LogP contribution in [0, 0.1) is 10.1 Å². The lowest BCUT2D eigenvalue weighted by atomic mass is 10.2. The predicted octanol–water partition coefficient (Wildman–Crippen LogP) is 3.18.